The van der Waals surface area contributed by atoms with E-state index >= 15 is 0 Å². The summed E-state index contributed by atoms with van der Waals surface area (Å²) in [6.45, 7) is 4.96. The van der Waals surface area contributed by atoms with Gasteiger partial charge in [-0.25, -0.2) is 0 Å². The zero-order valence-electron chi connectivity index (χ0n) is 23.5. The second-order valence-corrected chi connectivity index (χ2v) is 10.2. The molecule has 1 aromatic carbocycles. The third kappa shape index (κ3) is 12.6. The fraction of sp³-hybridized carbons (Fsp3) is 0.679. The van der Waals surface area contributed by atoms with E-state index in [2.05, 4.69) is 15.8 Å². The van der Waals surface area contributed by atoms with Crippen LogP contribution in [0, 0.1) is 17.8 Å². The zero-order valence-corrected chi connectivity index (χ0v) is 24.4. The van der Waals surface area contributed by atoms with Crippen LogP contribution in [0.25, 0.3) is 16.1 Å². The van der Waals surface area contributed by atoms with E-state index in [1.165, 1.54) is 38.5 Å². The summed E-state index contributed by atoms with van der Waals surface area (Å²) in [6, 6.07) is 8.71. The summed E-state index contributed by atoms with van der Waals surface area (Å²) in [5, 5.41) is 25.7. The van der Waals surface area contributed by atoms with E-state index in [-0.39, 0.29) is 39.8 Å². The molecule has 4 fully saturated rings. The molecule has 5 N–H and O–H groups in total. The Balaban J connectivity index is 0.000000644. The average molecular weight is 611 g/mol. The number of rotatable bonds is 4. The first-order chi connectivity index (χ1) is 18.0. The number of carboxylic acid groups (broad SMARTS) is 1. The van der Waals surface area contributed by atoms with Gasteiger partial charge in [0.15, 0.2) is 0 Å². The molecule has 0 bridgehead atoms. The van der Waals surface area contributed by atoms with Crippen molar-refractivity contribution in [1.29, 1.82) is 0 Å². The minimum absolute atomic E-state index is 0. The predicted molar refractivity (Wildman–Crippen MR) is 151 cm³/mol. The van der Waals surface area contributed by atoms with Crippen molar-refractivity contribution in [3.05, 3.63) is 45.9 Å². The summed E-state index contributed by atoms with van der Waals surface area (Å²) in [4.78, 5) is 20.7. The normalized spacial score (nSPS) is 25.2. The SMILES string of the molecule is C1C[N-]C2C(C1)CCC1CCC[N-]C12.CC(=O)[O-].COc1cccc(/C=N/[N-]C(=O)C2CCNCC2)c1.O.O.[Cu+2]. The maximum absolute atomic E-state index is 11.8. The number of nitrogens with zero attached hydrogens (tertiary/aromatic N) is 4. The number of hydrogen-bond acceptors (Lipinski definition) is 6. The Morgan fingerprint density at radius 2 is 1.55 bits per heavy atom. The van der Waals surface area contributed by atoms with Crippen LogP contribution in [-0.2, 0) is 26.7 Å². The molecule has 0 spiro atoms. The molecule has 1 aliphatic carbocycles. The van der Waals surface area contributed by atoms with Crippen LogP contribution in [0.4, 0.5) is 0 Å². The second kappa shape index (κ2) is 20.8. The molecule has 12 heteroatoms. The molecule has 4 atom stereocenters. The van der Waals surface area contributed by atoms with E-state index in [1.54, 1.807) is 13.3 Å². The van der Waals surface area contributed by atoms with Crippen molar-refractivity contribution in [3.8, 4) is 5.75 Å². The molecule has 3 aliphatic heterocycles. The van der Waals surface area contributed by atoms with Gasteiger partial charge in [0.25, 0.3) is 0 Å². The van der Waals surface area contributed by atoms with Crippen molar-refractivity contribution >= 4 is 18.1 Å². The van der Waals surface area contributed by atoms with E-state index in [0.29, 0.717) is 12.1 Å². The van der Waals surface area contributed by atoms with Crippen LogP contribution in [0.5, 0.6) is 5.75 Å². The zero-order chi connectivity index (χ0) is 26.5. The van der Waals surface area contributed by atoms with Crippen molar-refractivity contribution in [2.24, 2.45) is 22.9 Å². The summed E-state index contributed by atoms with van der Waals surface area (Å²) in [5.74, 6) is 1.36. The number of ether oxygens (including phenoxy) is 1. The van der Waals surface area contributed by atoms with Crippen LogP contribution in [0.2, 0.25) is 0 Å². The number of methoxy groups -OCH3 is 1. The first-order valence-corrected chi connectivity index (χ1v) is 13.6. The van der Waals surface area contributed by atoms with Crippen molar-refractivity contribution in [3.63, 3.8) is 0 Å². The molecule has 1 radical (unpaired) electrons. The first-order valence-electron chi connectivity index (χ1n) is 13.6. The predicted octanol–water partition coefficient (Wildman–Crippen LogP) is 2.12. The summed E-state index contributed by atoms with van der Waals surface area (Å²) < 4.78 is 5.11. The number of piperidine rings is 3. The van der Waals surface area contributed by atoms with E-state index < -0.39 is 5.97 Å². The quantitative estimate of drug-likeness (QED) is 0.309. The molecule has 1 saturated carbocycles. The topological polar surface area (TPSA) is 196 Å². The van der Waals surface area contributed by atoms with Gasteiger partial charge in [-0.1, -0.05) is 62.5 Å². The second-order valence-electron chi connectivity index (χ2n) is 10.2. The van der Waals surface area contributed by atoms with Crippen LogP contribution in [-0.4, -0.2) is 74.4 Å². The van der Waals surface area contributed by atoms with E-state index in [9.17, 15) is 4.79 Å². The fourth-order valence-corrected chi connectivity index (χ4v) is 5.68. The Labute approximate surface area is 248 Å². The number of carbonyl (C=O) groups is 2. The number of amides is 1. The molecule has 4 unspecified atom stereocenters. The largest absolute Gasteiger partial charge is 2.00 e. The standard InChI is InChI=1S/C14H19N3O2.C12H20N2.C2H4O2.Cu.2H2O/c1-19-13-4-2-3-11(9-13)10-16-17-14(18)12-5-7-15-8-6-12;1-3-9-5-6-10-4-2-8-14-12(10)11(9)13-7-1;1-2(3)4;;;/h2-4,9-10,12,15H,5-8H2,1H3,(H,17,18);9-12H,1-8H2;1H3,(H,3,4);;2*1H2/q;-2;;+2;;/p-2/b16-10+;;;;;. The Morgan fingerprint density at radius 1 is 1.00 bits per heavy atom. The van der Waals surface area contributed by atoms with Crippen LogP contribution in [0.15, 0.2) is 29.4 Å². The van der Waals surface area contributed by atoms with Crippen molar-refractivity contribution < 1.29 is 47.5 Å². The summed E-state index contributed by atoms with van der Waals surface area (Å²) in [7, 11) is 1.61. The van der Waals surface area contributed by atoms with E-state index in [0.717, 1.165) is 69.1 Å². The van der Waals surface area contributed by atoms with Crippen molar-refractivity contribution in [2.75, 3.05) is 33.3 Å². The molecule has 4 aliphatic rings. The molecule has 3 saturated heterocycles. The van der Waals surface area contributed by atoms with Gasteiger partial charge in [-0.3, -0.25) is 0 Å². The van der Waals surface area contributed by atoms with Gasteiger partial charge in [-0.05, 0) is 50.6 Å². The van der Waals surface area contributed by atoms with Gasteiger partial charge in [0, 0.05) is 18.1 Å². The molecule has 0 aromatic heterocycles. The Kier molecular flexibility index (Phi) is 19.7. The fourth-order valence-electron chi connectivity index (χ4n) is 5.68. The molecular weight excluding hydrogens is 566 g/mol. The molecule has 40 heavy (non-hydrogen) atoms. The summed E-state index contributed by atoms with van der Waals surface area (Å²) >= 11 is 0. The van der Waals surface area contributed by atoms with Gasteiger partial charge in [-0.2, -0.15) is 0 Å². The van der Waals surface area contributed by atoms with Gasteiger partial charge in [-0.15, -0.1) is 25.2 Å². The number of aliphatic carboxylic acids is 1. The van der Waals surface area contributed by atoms with Gasteiger partial charge in [0.2, 0.25) is 0 Å². The number of carboxylic acids is 1. The first kappa shape index (κ1) is 37.9. The van der Waals surface area contributed by atoms with E-state index in [1.807, 2.05) is 24.3 Å². The molecule has 231 valence electrons. The number of hydrogen-bond donors (Lipinski definition) is 1. The maximum Gasteiger partial charge on any atom is 2.00 e. The monoisotopic (exact) mass is 610 g/mol. The van der Waals surface area contributed by atoms with Gasteiger partial charge >= 0.3 is 17.1 Å². The Hall–Kier alpha value is -2.05. The smallest absolute Gasteiger partial charge is 0.660 e. The minimum atomic E-state index is -1.08. The minimum Gasteiger partial charge on any atom is -0.660 e. The number of benzene rings is 1. The molecular formula is C28H45CuN5O6-2. The summed E-state index contributed by atoms with van der Waals surface area (Å²) in [5.41, 5.74) is 4.62. The molecule has 11 nitrogen and oxygen atoms in total. The third-order valence-electron chi connectivity index (χ3n) is 7.52. The van der Waals surface area contributed by atoms with Crippen molar-refractivity contribution in [2.45, 2.75) is 70.4 Å². The van der Waals surface area contributed by atoms with Gasteiger partial charge < -0.3 is 56.9 Å². The van der Waals surface area contributed by atoms with Crippen molar-refractivity contribution in [1.82, 2.24) is 5.32 Å². The van der Waals surface area contributed by atoms with Crippen LogP contribution in [0.1, 0.15) is 63.9 Å². The third-order valence-corrected chi connectivity index (χ3v) is 7.52. The molecule has 5 rings (SSSR count). The van der Waals surface area contributed by atoms with Crippen LogP contribution >= 0.6 is 0 Å². The van der Waals surface area contributed by atoms with Gasteiger partial charge in [0.1, 0.15) is 5.75 Å². The maximum atomic E-state index is 11.8. The molecule has 1 aromatic rings. The Morgan fingerprint density at radius 3 is 2.08 bits per heavy atom. The average Bonchev–Trinajstić information content (AvgIpc) is 2.93. The summed E-state index contributed by atoms with van der Waals surface area (Å²) in [6.07, 6.45) is 11.6. The van der Waals surface area contributed by atoms with Crippen LogP contribution < -0.4 is 15.2 Å². The van der Waals surface area contributed by atoms with Crippen LogP contribution in [0.3, 0.4) is 0 Å². The van der Waals surface area contributed by atoms with Gasteiger partial charge in [0.05, 0.1) is 13.0 Å². The Bertz CT molecular complexity index is 861. The molecule has 3 heterocycles. The molecule has 1 amide bonds. The van der Waals surface area contributed by atoms with E-state index in [4.69, 9.17) is 25.3 Å². The number of nitrogens with one attached hydrogen (secondary N) is 1. The number of fused-ring (bicyclic) bond motifs is 3. The number of carbonyl (C=O) groups excluding carboxylic acids is 2.